The van der Waals surface area contributed by atoms with Crippen LogP contribution in [0.15, 0.2) is 36.4 Å². The highest BCUT2D eigenvalue weighted by Gasteiger charge is 2.18. The SMILES string of the molecule is CC(C)n1c(-c2cc(I)ccc2N)nc2c(F)cccc21. The van der Waals surface area contributed by atoms with Crippen molar-refractivity contribution >= 4 is 39.3 Å². The fourth-order valence-corrected chi connectivity index (χ4v) is 3.01. The molecule has 2 N–H and O–H groups in total. The second-order valence-corrected chi connectivity index (χ2v) is 6.48. The van der Waals surface area contributed by atoms with Crippen LogP contribution in [0.3, 0.4) is 0 Å². The molecule has 21 heavy (non-hydrogen) atoms. The van der Waals surface area contributed by atoms with Crippen LogP contribution in [0.4, 0.5) is 10.1 Å². The van der Waals surface area contributed by atoms with Crippen molar-refractivity contribution < 1.29 is 4.39 Å². The Labute approximate surface area is 136 Å². The number of para-hydroxylation sites is 1. The molecule has 0 atom stereocenters. The number of nitrogens with two attached hydrogens (primary N) is 1. The highest BCUT2D eigenvalue weighted by atomic mass is 127. The van der Waals surface area contributed by atoms with Gasteiger partial charge in [-0.05, 0) is 66.8 Å². The lowest BCUT2D eigenvalue weighted by atomic mass is 10.1. The fraction of sp³-hybridized carbons (Fsp3) is 0.188. The molecule has 0 unspecified atom stereocenters. The fourth-order valence-electron chi connectivity index (χ4n) is 2.52. The van der Waals surface area contributed by atoms with Gasteiger partial charge in [0.2, 0.25) is 0 Å². The van der Waals surface area contributed by atoms with Crippen LogP contribution in [0, 0.1) is 9.39 Å². The molecular formula is C16H15FIN3. The van der Waals surface area contributed by atoms with E-state index in [-0.39, 0.29) is 11.9 Å². The van der Waals surface area contributed by atoms with E-state index in [1.807, 2.05) is 28.8 Å². The van der Waals surface area contributed by atoms with Crippen LogP contribution in [0.5, 0.6) is 0 Å². The number of benzene rings is 2. The second kappa shape index (κ2) is 5.29. The molecule has 0 spiro atoms. The zero-order valence-corrected chi connectivity index (χ0v) is 13.9. The van der Waals surface area contributed by atoms with Gasteiger partial charge in [-0.2, -0.15) is 0 Å². The van der Waals surface area contributed by atoms with Gasteiger partial charge in [0.1, 0.15) is 11.3 Å². The first-order chi connectivity index (χ1) is 9.99. The summed E-state index contributed by atoms with van der Waals surface area (Å²) in [7, 11) is 0. The van der Waals surface area contributed by atoms with Crippen molar-refractivity contribution in [1.82, 2.24) is 9.55 Å². The average Bonchev–Trinajstić information content (AvgIpc) is 2.82. The number of hydrogen-bond donors (Lipinski definition) is 1. The van der Waals surface area contributed by atoms with Crippen LogP contribution in [-0.4, -0.2) is 9.55 Å². The van der Waals surface area contributed by atoms with Gasteiger partial charge in [-0.25, -0.2) is 9.37 Å². The van der Waals surface area contributed by atoms with Gasteiger partial charge >= 0.3 is 0 Å². The Morgan fingerprint density at radius 2 is 2.00 bits per heavy atom. The third kappa shape index (κ3) is 2.39. The van der Waals surface area contributed by atoms with Crippen LogP contribution in [0.25, 0.3) is 22.4 Å². The Kier molecular flexibility index (Phi) is 3.61. The van der Waals surface area contributed by atoms with Crippen molar-refractivity contribution in [2.45, 2.75) is 19.9 Å². The first kappa shape index (κ1) is 14.3. The Balaban J connectivity index is 2.39. The number of imidazole rings is 1. The lowest BCUT2D eigenvalue weighted by Crippen LogP contribution is -2.04. The van der Waals surface area contributed by atoms with Gasteiger partial charge in [-0.1, -0.05) is 6.07 Å². The lowest BCUT2D eigenvalue weighted by Gasteiger charge is -2.14. The summed E-state index contributed by atoms with van der Waals surface area (Å²) in [6.07, 6.45) is 0. The molecule has 2 aromatic carbocycles. The number of nitrogens with zero attached hydrogens (tertiary/aromatic N) is 2. The van der Waals surface area contributed by atoms with Crippen LogP contribution in [0.1, 0.15) is 19.9 Å². The molecule has 3 aromatic rings. The second-order valence-electron chi connectivity index (χ2n) is 5.24. The summed E-state index contributed by atoms with van der Waals surface area (Å²) >= 11 is 2.24. The van der Waals surface area contributed by atoms with Gasteiger partial charge in [0.05, 0.1) is 5.52 Å². The monoisotopic (exact) mass is 395 g/mol. The molecule has 0 amide bonds. The highest BCUT2D eigenvalue weighted by molar-refractivity contribution is 14.1. The summed E-state index contributed by atoms with van der Waals surface area (Å²) in [4.78, 5) is 4.51. The largest absolute Gasteiger partial charge is 0.398 e. The maximum atomic E-state index is 14.0. The summed E-state index contributed by atoms with van der Waals surface area (Å²) in [5, 5.41) is 0. The van der Waals surface area contributed by atoms with Gasteiger partial charge in [0.25, 0.3) is 0 Å². The third-order valence-corrected chi connectivity index (χ3v) is 4.11. The van der Waals surface area contributed by atoms with E-state index in [9.17, 15) is 4.39 Å². The number of fused-ring (bicyclic) bond motifs is 1. The van der Waals surface area contributed by atoms with Crippen LogP contribution in [0.2, 0.25) is 0 Å². The van der Waals surface area contributed by atoms with E-state index >= 15 is 0 Å². The molecule has 0 bridgehead atoms. The van der Waals surface area contributed by atoms with Crippen molar-refractivity contribution in [3.8, 4) is 11.4 Å². The van der Waals surface area contributed by atoms with Crippen molar-refractivity contribution in [2.24, 2.45) is 0 Å². The van der Waals surface area contributed by atoms with E-state index in [0.717, 1.165) is 14.7 Å². The summed E-state index contributed by atoms with van der Waals surface area (Å²) in [5.41, 5.74) is 8.76. The Bertz CT molecular complexity index is 824. The maximum absolute atomic E-state index is 14.0. The van der Waals surface area contributed by atoms with Gasteiger partial charge in [-0.15, -0.1) is 0 Å². The molecule has 0 radical (unpaired) electrons. The first-order valence-electron chi connectivity index (χ1n) is 6.71. The quantitative estimate of drug-likeness (QED) is 0.509. The zero-order valence-electron chi connectivity index (χ0n) is 11.8. The summed E-state index contributed by atoms with van der Waals surface area (Å²) < 4.78 is 17.1. The molecule has 0 aliphatic heterocycles. The molecule has 1 aromatic heterocycles. The van der Waals surface area contributed by atoms with E-state index in [1.54, 1.807) is 6.07 Å². The molecule has 108 valence electrons. The van der Waals surface area contributed by atoms with Crippen LogP contribution in [-0.2, 0) is 0 Å². The number of nitrogen functional groups attached to an aromatic ring is 1. The van der Waals surface area contributed by atoms with Gasteiger partial charge in [0, 0.05) is 20.9 Å². The van der Waals surface area contributed by atoms with Crippen molar-refractivity contribution in [2.75, 3.05) is 5.73 Å². The number of aromatic nitrogens is 2. The Hall–Kier alpha value is -1.63. The average molecular weight is 395 g/mol. The van der Waals surface area contributed by atoms with E-state index in [4.69, 9.17) is 5.73 Å². The van der Waals surface area contributed by atoms with E-state index in [0.29, 0.717) is 17.0 Å². The Morgan fingerprint density at radius 1 is 1.24 bits per heavy atom. The summed E-state index contributed by atoms with van der Waals surface area (Å²) in [6, 6.07) is 11.0. The number of rotatable bonds is 2. The lowest BCUT2D eigenvalue weighted by molar-refractivity contribution is 0.623. The molecular weight excluding hydrogens is 380 g/mol. The molecule has 0 saturated heterocycles. The predicted octanol–water partition coefficient (Wildman–Crippen LogP) is 4.61. The maximum Gasteiger partial charge on any atom is 0.151 e. The normalized spacial score (nSPS) is 11.5. The molecule has 1 heterocycles. The minimum atomic E-state index is -0.308. The van der Waals surface area contributed by atoms with Gasteiger partial charge in [-0.3, -0.25) is 0 Å². The summed E-state index contributed by atoms with van der Waals surface area (Å²) in [6.45, 7) is 4.11. The number of anilines is 1. The van der Waals surface area contributed by atoms with Gasteiger partial charge < -0.3 is 10.3 Å². The molecule has 3 nitrogen and oxygen atoms in total. The van der Waals surface area contributed by atoms with E-state index in [2.05, 4.69) is 41.4 Å². The predicted molar refractivity (Wildman–Crippen MR) is 92.6 cm³/mol. The van der Waals surface area contributed by atoms with E-state index < -0.39 is 0 Å². The zero-order chi connectivity index (χ0) is 15.1. The first-order valence-corrected chi connectivity index (χ1v) is 7.78. The number of hydrogen-bond acceptors (Lipinski definition) is 2. The van der Waals surface area contributed by atoms with Gasteiger partial charge in [0.15, 0.2) is 5.82 Å². The topological polar surface area (TPSA) is 43.8 Å². The molecule has 3 rings (SSSR count). The third-order valence-electron chi connectivity index (χ3n) is 3.44. The molecule has 0 saturated carbocycles. The molecule has 0 fully saturated rings. The highest BCUT2D eigenvalue weighted by Crippen LogP contribution is 2.33. The molecule has 0 aliphatic rings. The smallest absolute Gasteiger partial charge is 0.151 e. The minimum absolute atomic E-state index is 0.157. The van der Waals surface area contributed by atoms with Crippen molar-refractivity contribution in [3.63, 3.8) is 0 Å². The molecule has 5 heteroatoms. The van der Waals surface area contributed by atoms with Crippen LogP contribution >= 0.6 is 22.6 Å². The van der Waals surface area contributed by atoms with Crippen LogP contribution < -0.4 is 5.73 Å². The standard InChI is InChI=1S/C16H15FIN3/c1-9(2)21-14-5-3-4-12(17)15(14)20-16(21)11-8-10(18)6-7-13(11)19/h3-9H,19H2,1-2H3. The minimum Gasteiger partial charge on any atom is -0.398 e. The van der Waals surface area contributed by atoms with Crippen molar-refractivity contribution in [1.29, 1.82) is 0 Å². The Morgan fingerprint density at radius 3 is 2.71 bits per heavy atom. The summed E-state index contributed by atoms with van der Waals surface area (Å²) in [5.74, 6) is 0.401. The van der Waals surface area contributed by atoms with E-state index in [1.165, 1.54) is 6.07 Å². The molecule has 0 aliphatic carbocycles. The number of halogens is 2. The van der Waals surface area contributed by atoms with Crippen molar-refractivity contribution in [3.05, 3.63) is 45.8 Å².